The van der Waals surface area contributed by atoms with Gasteiger partial charge in [0.15, 0.2) is 23.3 Å². The highest BCUT2D eigenvalue weighted by atomic mass is 15.4. The van der Waals surface area contributed by atoms with E-state index in [9.17, 15) is 0 Å². The van der Waals surface area contributed by atoms with E-state index in [0.717, 1.165) is 39.1 Å². The van der Waals surface area contributed by atoms with Gasteiger partial charge in [-0.15, -0.1) is 0 Å². The molecule has 0 aliphatic carbocycles. The zero-order valence-corrected chi connectivity index (χ0v) is 39.2. The Morgan fingerprint density at radius 2 is 0.603 bits per heavy atom. The van der Waals surface area contributed by atoms with Gasteiger partial charge in [-0.3, -0.25) is 0 Å². The van der Waals surface area contributed by atoms with Gasteiger partial charge in [0.2, 0.25) is 11.9 Å². The molecule has 0 unspecified atom stereocenters. The van der Waals surface area contributed by atoms with Gasteiger partial charge in [0.05, 0.1) is 5.69 Å². The SMILES string of the molecule is Cc1cc(C)c(C(c2ccc(N(c3nc(-c4ccccc4)nc(-c4ccccc4)n3)c3nc(-c4ccccc4)nc(-c4ccc(-c5ccccc5)cc4)n3)cc2)c2c(C)cc(C)cc2C)c(C)c1. The zero-order chi connectivity index (χ0) is 46.7. The highest BCUT2D eigenvalue weighted by Gasteiger charge is 2.28. The number of hydrogen-bond acceptors (Lipinski definition) is 7. The van der Waals surface area contributed by atoms with Gasteiger partial charge in [-0.2, -0.15) is 19.9 Å². The third-order valence-corrected chi connectivity index (χ3v) is 12.5. The Bertz CT molecular complexity index is 3210. The minimum Gasteiger partial charge on any atom is -0.246 e. The molecule has 0 saturated carbocycles. The van der Waals surface area contributed by atoms with Crippen LogP contribution in [0.15, 0.2) is 194 Å². The van der Waals surface area contributed by atoms with Crippen molar-refractivity contribution in [3.8, 4) is 56.7 Å². The van der Waals surface area contributed by atoms with Gasteiger partial charge in [-0.25, -0.2) is 14.9 Å². The van der Waals surface area contributed by atoms with Crippen molar-refractivity contribution >= 4 is 17.6 Å². The molecule has 10 aromatic rings. The molecule has 7 nitrogen and oxygen atoms in total. The number of aromatic nitrogens is 6. The smallest absolute Gasteiger partial charge is 0.241 e. The molecule has 0 saturated heterocycles. The Labute approximate surface area is 399 Å². The number of hydrogen-bond donors (Lipinski definition) is 0. The van der Waals surface area contributed by atoms with Crippen LogP contribution in [0.2, 0.25) is 0 Å². The van der Waals surface area contributed by atoms with Gasteiger partial charge in [0.25, 0.3) is 0 Å². The van der Waals surface area contributed by atoms with E-state index in [-0.39, 0.29) is 5.92 Å². The van der Waals surface area contributed by atoms with E-state index in [1.165, 1.54) is 50.1 Å². The summed E-state index contributed by atoms with van der Waals surface area (Å²) in [6.07, 6.45) is 0. The highest BCUT2D eigenvalue weighted by molar-refractivity contribution is 5.75. The highest BCUT2D eigenvalue weighted by Crippen LogP contribution is 2.42. The lowest BCUT2D eigenvalue weighted by atomic mass is 9.77. The van der Waals surface area contributed by atoms with Crippen molar-refractivity contribution in [3.05, 3.63) is 244 Å². The van der Waals surface area contributed by atoms with Crippen LogP contribution in [0.1, 0.15) is 56.0 Å². The first-order valence-electron chi connectivity index (χ1n) is 23.1. The Morgan fingerprint density at radius 3 is 0.956 bits per heavy atom. The second kappa shape index (κ2) is 18.8. The van der Waals surface area contributed by atoms with Crippen LogP contribution in [-0.2, 0) is 0 Å². The lowest BCUT2D eigenvalue weighted by molar-refractivity contribution is 0.917. The molecule has 0 spiro atoms. The van der Waals surface area contributed by atoms with Gasteiger partial charge < -0.3 is 0 Å². The normalized spacial score (nSPS) is 11.2. The van der Waals surface area contributed by atoms with Crippen molar-refractivity contribution in [3.63, 3.8) is 0 Å². The van der Waals surface area contributed by atoms with E-state index in [0.29, 0.717) is 35.2 Å². The summed E-state index contributed by atoms with van der Waals surface area (Å²) in [5.74, 6) is 2.82. The molecule has 0 amide bonds. The molecule has 7 heteroatoms. The van der Waals surface area contributed by atoms with Gasteiger partial charge in [0.1, 0.15) is 0 Å². The average molecular weight is 882 g/mol. The number of rotatable bonds is 11. The third kappa shape index (κ3) is 8.94. The Kier molecular flexibility index (Phi) is 12.0. The molecule has 0 aliphatic rings. The van der Waals surface area contributed by atoms with Crippen LogP contribution in [0.25, 0.3) is 56.7 Å². The minimum absolute atomic E-state index is 0.0161. The van der Waals surface area contributed by atoms with Crippen LogP contribution in [0.5, 0.6) is 0 Å². The first-order valence-corrected chi connectivity index (χ1v) is 23.1. The fourth-order valence-corrected chi connectivity index (χ4v) is 9.56. The molecule has 2 heterocycles. The van der Waals surface area contributed by atoms with Crippen LogP contribution >= 0.6 is 0 Å². The first-order chi connectivity index (χ1) is 33.2. The second-order valence-electron chi connectivity index (χ2n) is 17.6. The van der Waals surface area contributed by atoms with Gasteiger partial charge in [-0.05, 0) is 104 Å². The fourth-order valence-electron chi connectivity index (χ4n) is 9.56. The van der Waals surface area contributed by atoms with E-state index >= 15 is 0 Å². The molecule has 2 aromatic heterocycles. The minimum atomic E-state index is -0.0161. The van der Waals surface area contributed by atoms with Crippen molar-refractivity contribution in [1.29, 1.82) is 0 Å². The fraction of sp³-hybridized carbons (Fsp3) is 0.115. The van der Waals surface area contributed by atoms with Gasteiger partial charge in [-0.1, -0.05) is 193 Å². The lowest BCUT2D eigenvalue weighted by Gasteiger charge is -2.28. The summed E-state index contributed by atoms with van der Waals surface area (Å²) in [5, 5.41) is 0. The standard InChI is InChI=1S/C61H51N7/c1-39-35-41(3)53(42(4)36-39)55(54-43(5)37-40(2)38-44(54)6)47-31-33-52(34-32-47)68(60-64-56(48-21-13-8-14-22-48)62-57(65-60)49-23-15-9-16-24-49)61-66-58(50-25-17-10-18-26-50)63-59(67-61)51-29-27-46(28-30-51)45-19-11-7-12-20-45/h7-38,55H,1-6H3. The molecule has 330 valence electrons. The third-order valence-electron chi connectivity index (χ3n) is 12.5. The second-order valence-corrected chi connectivity index (χ2v) is 17.6. The van der Waals surface area contributed by atoms with Crippen LogP contribution in [-0.4, -0.2) is 29.9 Å². The van der Waals surface area contributed by atoms with E-state index in [1.54, 1.807) is 0 Å². The molecule has 10 rings (SSSR count). The van der Waals surface area contributed by atoms with Gasteiger partial charge in [0, 0.05) is 28.2 Å². The predicted molar refractivity (Wildman–Crippen MR) is 277 cm³/mol. The number of aryl methyl sites for hydroxylation is 6. The molecule has 0 aliphatic heterocycles. The summed E-state index contributed by atoms with van der Waals surface area (Å²) in [4.78, 5) is 33.2. The summed E-state index contributed by atoms with van der Waals surface area (Å²) in [5.41, 5.74) is 17.8. The Morgan fingerprint density at radius 1 is 0.309 bits per heavy atom. The summed E-state index contributed by atoms with van der Waals surface area (Å²) in [7, 11) is 0. The van der Waals surface area contributed by atoms with Crippen molar-refractivity contribution in [1.82, 2.24) is 29.9 Å². The van der Waals surface area contributed by atoms with Crippen molar-refractivity contribution < 1.29 is 0 Å². The van der Waals surface area contributed by atoms with Crippen molar-refractivity contribution in [2.75, 3.05) is 4.90 Å². The van der Waals surface area contributed by atoms with Crippen LogP contribution in [0, 0.1) is 41.5 Å². The quantitative estimate of drug-likeness (QED) is 0.120. The lowest BCUT2D eigenvalue weighted by Crippen LogP contribution is -2.19. The summed E-state index contributed by atoms with van der Waals surface area (Å²) >= 11 is 0. The summed E-state index contributed by atoms with van der Waals surface area (Å²) < 4.78 is 0. The van der Waals surface area contributed by atoms with E-state index in [2.05, 4.69) is 139 Å². The van der Waals surface area contributed by atoms with Crippen LogP contribution in [0.3, 0.4) is 0 Å². The maximum atomic E-state index is 5.31. The first kappa shape index (κ1) is 43.5. The Hall–Kier alpha value is -8.42. The van der Waals surface area contributed by atoms with Crippen LogP contribution in [0.4, 0.5) is 17.6 Å². The van der Waals surface area contributed by atoms with Crippen molar-refractivity contribution in [2.24, 2.45) is 0 Å². The number of anilines is 3. The zero-order valence-electron chi connectivity index (χ0n) is 39.2. The molecule has 0 radical (unpaired) electrons. The average Bonchev–Trinajstić information content (AvgIpc) is 3.36. The molecule has 0 fully saturated rings. The molecular formula is C61H51N7. The Balaban J connectivity index is 1.20. The van der Waals surface area contributed by atoms with E-state index in [4.69, 9.17) is 29.9 Å². The van der Waals surface area contributed by atoms with Crippen LogP contribution < -0.4 is 4.90 Å². The maximum Gasteiger partial charge on any atom is 0.241 e. The summed E-state index contributed by atoms with van der Waals surface area (Å²) in [6, 6.07) is 66.8. The molecule has 8 aromatic carbocycles. The number of benzene rings is 8. The maximum absolute atomic E-state index is 5.31. The monoisotopic (exact) mass is 881 g/mol. The van der Waals surface area contributed by atoms with E-state index in [1.807, 2.05) is 102 Å². The molecule has 0 atom stereocenters. The predicted octanol–water partition coefficient (Wildman–Crippen LogP) is 14.9. The summed E-state index contributed by atoms with van der Waals surface area (Å²) in [6.45, 7) is 13.3. The number of nitrogens with zero attached hydrogens (tertiary/aromatic N) is 7. The molecule has 0 N–H and O–H groups in total. The topological polar surface area (TPSA) is 80.6 Å². The molecular weight excluding hydrogens is 831 g/mol. The van der Waals surface area contributed by atoms with Crippen molar-refractivity contribution in [2.45, 2.75) is 47.5 Å². The molecule has 68 heavy (non-hydrogen) atoms. The largest absolute Gasteiger partial charge is 0.246 e. The van der Waals surface area contributed by atoms with Gasteiger partial charge >= 0.3 is 0 Å². The van der Waals surface area contributed by atoms with E-state index < -0.39 is 0 Å². The molecule has 0 bridgehead atoms.